The zero-order chi connectivity index (χ0) is 18.8. The molecule has 0 saturated carbocycles. The first kappa shape index (κ1) is 24.8. The van der Waals surface area contributed by atoms with Crippen LogP contribution >= 0.6 is 0 Å². The molecule has 0 amide bonds. The summed E-state index contributed by atoms with van der Waals surface area (Å²) in [6.45, 7) is 6.63. The van der Waals surface area contributed by atoms with Gasteiger partial charge in [0.05, 0.1) is 12.7 Å². The monoisotopic (exact) mass is 361 g/mol. The van der Waals surface area contributed by atoms with Gasteiger partial charge in [0.2, 0.25) is 0 Å². The maximum absolute atomic E-state index is 9.99. The van der Waals surface area contributed by atoms with Gasteiger partial charge in [-0.2, -0.15) is 0 Å². The van der Waals surface area contributed by atoms with Gasteiger partial charge in [0.15, 0.2) is 6.29 Å². The maximum Gasteiger partial charge on any atom is 0.164 e. The largest absolute Gasteiger partial charge is 0.389 e. The van der Waals surface area contributed by atoms with Crippen molar-refractivity contribution < 1.29 is 20.1 Å². The van der Waals surface area contributed by atoms with Gasteiger partial charge in [-0.05, 0) is 19.4 Å². The molecule has 1 unspecified atom stereocenters. The highest BCUT2D eigenvalue weighted by Crippen LogP contribution is 2.10. The van der Waals surface area contributed by atoms with Crippen molar-refractivity contribution in [2.24, 2.45) is 0 Å². The molecule has 0 aromatic carbocycles. The van der Waals surface area contributed by atoms with E-state index in [1.807, 2.05) is 11.8 Å². The van der Waals surface area contributed by atoms with E-state index in [4.69, 9.17) is 14.9 Å². The Hall–Kier alpha value is -0.200. The summed E-state index contributed by atoms with van der Waals surface area (Å²) in [6, 6.07) is 0. The highest BCUT2D eigenvalue weighted by molar-refractivity contribution is 4.65. The molecule has 3 N–H and O–H groups in total. The second-order valence-corrected chi connectivity index (χ2v) is 7.15. The Balaban J connectivity index is 3.42. The Bertz CT molecular complexity index is 264. The second-order valence-electron chi connectivity index (χ2n) is 7.15. The van der Waals surface area contributed by atoms with Gasteiger partial charge in [0.1, 0.15) is 0 Å². The minimum Gasteiger partial charge on any atom is -0.389 e. The average Bonchev–Trinajstić information content (AvgIpc) is 2.55. The lowest BCUT2D eigenvalue weighted by Gasteiger charge is -2.25. The molecule has 5 nitrogen and oxygen atoms in total. The molecule has 0 saturated heterocycles. The first-order chi connectivity index (χ1) is 12.1. The lowest BCUT2D eigenvalue weighted by Crippen LogP contribution is -2.40. The van der Waals surface area contributed by atoms with Crippen LogP contribution in [0.2, 0.25) is 0 Å². The van der Waals surface area contributed by atoms with Crippen LogP contribution in [0.5, 0.6) is 0 Å². The average molecular weight is 362 g/mol. The van der Waals surface area contributed by atoms with E-state index in [-0.39, 0.29) is 6.54 Å². The number of unbranched alkanes of at least 4 members (excludes halogenated alkanes) is 9. The van der Waals surface area contributed by atoms with E-state index in [1.54, 1.807) is 0 Å². The summed E-state index contributed by atoms with van der Waals surface area (Å²) in [5.41, 5.74) is 0. The quantitative estimate of drug-likeness (QED) is 0.243. The zero-order valence-corrected chi connectivity index (χ0v) is 16.7. The molecule has 0 aromatic rings. The van der Waals surface area contributed by atoms with Crippen molar-refractivity contribution in [2.45, 2.75) is 96.9 Å². The molecule has 5 heteroatoms. The van der Waals surface area contributed by atoms with Crippen LogP contribution in [-0.4, -0.2) is 65.5 Å². The number of aliphatic hydroxyl groups is 3. The van der Waals surface area contributed by atoms with E-state index in [0.717, 1.165) is 19.4 Å². The number of hydrogen-bond acceptors (Lipinski definition) is 5. The van der Waals surface area contributed by atoms with Gasteiger partial charge in [-0.15, -0.1) is 0 Å². The lowest BCUT2D eigenvalue weighted by molar-refractivity contribution is -0.0701. The fourth-order valence-electron chi connectivity index (χ4n) is 3.07. The third-order valence-corrected chi connectivity index (χ3v) is 4.38. The van der Waals surface area contributed by atoms with Crippen LogP contribution in [0.4, 0.5) is 0 Å². The Kier molecular flexibility index (Phi) is 18.4. The molecule has 0 heterocycles. The molecular weight excluding hydrogens is 318 g/mol. The fourth-order valence-corrected chi connectivity index (χ4v) is 3.07. The number of nitrogens with zero attached hydrogens (tertiary/aromatic N) is 1. The van der Waals surface area contributed by atoms with Crippen molar-refractivity contribution in [1.29, 1.82) is 0 Å². The van der Waals surface area contributed by atoms with Gasteiger partial charge < -0.3 is 20.1 Å². The summed E-state index contributed by atoms with van der Waals surface area (Å²) in [4.78, 5) is 1.86. The smallest absolute Gasteiger partial charge is 0.164 e. The van der Waals surface area contributed by atoms with E-state index in [0.29, 0.717) is 19.8 Å². The van der Waals surface area contributed by atoms with E-state index in [1.165, 1.54) is 57.8 Å². The van der Waals surface area contributed by atoms with Gasteiger partial charge >= 0.3 is 0 Å². The van der Waals surface area contributed by atoms with Crippen LogP contribution in [-0.2, 0) is 4.74 Å². The third kappa shape index (κ3) is 18.4. The van der Waals surface area contributed by atoms with Crippen molar-refractivity contribution in [3.63, 3.8) is 0 Å². The summed E-state index contributed by atoms with van der Waals surface area (Å²) in [5.74, 6) is 0. The lowest BCUT2D eigenvalue weighted by atomic mass is 10.1. The predicted octanol–water partition coefficient (Wildman–Crippen LogP) is 3.31. The van der Waals surface area contributed by atoms with Gasteiger partial charge in [-0.3, -0.25) is 4.90 Å². The highest BCUT2D eigenvalue weighted by atomic mass is 16.5. The van der Waals surface area contributed by atoms with E-state index in [2.05, 4.69) is 6.92 Å². The molecule has 1 atom stereocenters. The van der Waals surface area contributed by atoms with Crippen molar-refractivity contribution >= 4 is 0 Å². The summed E-state index contributed by atoms with van der Waals surface area (Å²) in [7, 11) is 0. The maximum atomic E-state index is 9.99. The van der Waals surface area contributed by atoms with Crippen molar-refractivity contribution in [2.75, 3.05) is 32.8 Å². The predicted molar refractivity (Wildman–Crippen MR) is 104 cm³/mol. The van der Waals surface area contributed by atoms with Crippen LogP contribution in [0.3, 0.4) is 0 Å². The number of rotatable bonds is 19. The van der Waals surface area contributed by atoms with E-state index >= 15 is 0 Å². The highest BCUT2D eigenvalue weighted by Gasteiger charge is 2.13. The minimum atomic E-state index is -1.36. The third-order valence-electron chi connectivity index (χ3n) is 4.38. The fraction of sp³-hybridized carbons (Fsp3) is 1.00. The van der Waals surface area contributed by atoms with Gasteiger partial charge in [0, 0.05) is 19.7 Å². The van der Waals surface area contributed by atoms with Gasteiger partial charge in [-0.25, -0.2) is 0 Å². The molecule has 0 fully saturated rings. The summed E-state index contributed by atoms with van der Waals surface area (Å²) in [6.07, 6.45) is 12.0. The van der Waals surface area contributed by atoms with E-state index in [9.17, 15) is 5.11 Å². The summed E-state index contributed by atoms with van der Waals surface area (Å²) in [5, 5.41) is 28.1. The zero-order valence-electron chi connectivity index (χ0n) is 16.7. The Labute approximate surface area is 155 Å². The van der Waals surface area contributed by atoms with Gasteiger partial charge in [-0.1, -0.05) is 71.6 Å². The SMILES string of the molecule is CCCCCCCCCCCCOCC(O)CN(CCC)CC(O)O. The van der Waals surface area contributed by atoms with Crippen molar-refractivity contribution in [3.05, 3.63) is 0 Å². The standard InChI is InChI=1S/C20H43NO4/c1-3-5-6-7-8-9-10-11-12-13-15-25-18-19(22)16-21(14-4-2)17-20(23)24/h19-20,22-24H,3-18H2,1-2H3. The normalized spacial score (nSPS) is 13.1. The molecule has 0 spiro atoms. The topological polar surface area (TPSA) is 73.2 Å². The van der Waals surface area contributed by atoms with E-state index < -0.39 is 12.4 Å². The molecule has 0 aliphatic rings. The first-order valence-electron chi connectivity index (χ1n) is 10.4. The molecule has 0 radical (unpaired) electrons. The van der Waals surface area contributed by atoms with Crippen LogP contribution < -0.4 is 0 Å². The van der Waals surface area contributed by atoms with Crippen molar-refractivity contribution in [3.8, 4) is 0 Å². The Morgan fingerprint density at radius 1 is 0.720 bits per heavy atom. The number of ether oxygens (including phenoxy) is 1. The molecule has 0 aliphatic carbocycles. The molecule has 0 aromatic heterocycles. The van der Waals surface area contributed by atoms with Crippen LogP contribution in [0.1, 0.15) is 84.5 Å². The van der Waals surface area contributed by atoms with Crippen LogP contribution in [0.15, 0.2) is 0 Å². The van der Waals surface area contributed by atoms with Crippen LogP contribution in [0, 0.1) is 0 Å². The molecule has 152 valence electrons. The summed E-state index contributed by atoms with van der Waals surface area (Å²) < 4.78 is 5.55. The van der Waals surface area contributed by atoms with Gasteiger partial charge in [0.25, 0.3) is 0 Å². The molecule has 0 aliphatic heterocycles. The molecular formula is C20H43NO4. The second kappa shape index (κ2) is 18.6. The molecule has 0 bridgehead atoms. The Morgan fingerprint density at radius 2 is 1.28 bits per heavy atom. The molecule has 25 heavy (non-hydrogen) atoms. The molecule has 0 rings (SSSR count). The Morgan fingerprint density at radius 3 is 1.80 bits per heavy atom. The van der Waals surface area contributed by atoms with Crippen LogP contribution in [0.25, 0.3) is 0 Å². The minimum absolute atomic E-state index is 0.170. The number of hydrogen-bond donors (Lipinski definition) is 3. The number of aliphatic hydroxyl groups excluding tert-OH is 2. The van der Waals surface area contributed by atoms with Crippen molar-refractivity contribution in [1.82, 2.24) is 4.90 Å². The first-order valence-corrected chi connectivity index (χ1v) is 10.4. The summed E-state index contributed by atoms with van der Waals surface area (Å²) >= 11 is 0.